The highest BCUT2D eigenvalue weighted by Gasteiger charge is 2.24. The number of aromatic hydroxyl groups is 1. The van der Waals surface area contributed by atoms with Crippen LogP contribution in [-0.4, -0.2) is 58.6 Å². The van der Waals surface area contributed by atoms with Gasteiger partial charge >= 0.3 is 0 Å². The monoisotopic (exact) mass is 476 g/mol. The summed E-state index contributed by atoms with van der Waals surface area (Å²) >= 11 is 1.66. The number of aromatic nitrogens is 2. The number of fused-ring (bicyclic) bond motifs is 1. The second kappa shape index (κ2) is 10.4. The van der Waals surface area contributed by atoms with Crippen molar-refractivity contribution in [1.29, 1.82) is 0 Å². The lowest BCUT2D eigenvalue weighted by Crippen LogP contribution is -2.45. The SMILES string of the molecule is Oc1ccc(OC[C@@H](O)CNC2CCN(c3ncnc4scc(-c5ccccc5)c34)CC2)cc1. The third-order valence-corrected chi connectivity index (χ3v) is 7.04. The summed E-state index contributed by atoms with van der Waals surface area (Å²) < 4.78 is 5.60. The Morgan fingerprint density at radius 2 is 1.82 bits per heavy atom. The van der Waals surface area contributed by atoms with Crippen molar-refractivity contribution in [3.8, 4) is 22.6 Å². The first-order chi connectivity index (χ1) is 16.7. The molecular weight excluding hydrogens is 448 g/mol. The normalized spacial score (nSPS) is 15.5. The highest BCUT2D eigenvalue weighted by atomic mass is 32.1. The van der Waals surface area contributed by atoms with E-state index < -0.39 is 6.10 Å². The molecule has 3 N–H and O–H groups in total. The van der Waals surface area contributed by atoms with Crippen molar-refractivity contribution in [2.45, 2.75) is 25.0 Å². The number of thiophene rings is 1. The molecule has 2 aromatic carbocycles. The quantitative estimate of drug-likeness (QED) is 0.353. The molecule has 34 heavy (non-hydrogen) atoms. The van der Waals surface area contributed by atoms with E-state index in [0.29, 0.717) is 18.3 Å². The van der Waals surface area contributed by atoms with E-state index in [1.807, 2.05) is 6.07 Å². The molecular formula is C26H28N4O3S. The van der Waals surface area contributed by atoms with E-state index in [2.05, 4.69) is 49.8 Å². The number of rotatable bonds is 8. The number of aliphatic hydroxyl groups excluding tert-OH is 1. The van der Waals surface area contributed by atoms with E-state index in [1.54, 1.807) is 41.9 Å². The van der Waals surface area contributed by atoms with E-state index in [-0.39, 0.29) is 12.4 Å². The van der Waals surface area contributed by atoms with E-state index in [4.69, 9.17) is 4.74 Å². The van der Waals surface area contributed by atoms with Crippen molar-refractivity contribution in [1.82, 2.24) is 15.3 Å². The van der Waals surface area contributed by atoms with Crippen LogP contribution in [0.25, 0.3) is 21.3 Å². The van der Waals surface area contributed by atoms with Crippen LogP contribution in [0, 0.1) is 0 Å². The number of anilines is 1. The molecule has 0 amide bonds. The standard InChI is InChI=1S/C26H28N4O3S/c31-20-6-8-22(9-7-20)33-15-21(32)14-27-19-10-12-30(13-11-19)25-24-23(18-4-2-1-3-5-18)16-34-26(24)29-17-28-25/h1-9,16-17,19,21,27,31-32H,10-15H2/t21-/m0/s1. The molecule has 0 radical (unpaired) electrons. The van der Waals surface area contributed by atoms with Crippen LogP contribution in [0.15, 0.2) is 66.3 Å². The minimum atomic E-state index is -0.604. The zero-order chi connectivity index (χ0) is 23.3. The average Bonchev–Trinajstić information content (AvgIpc) is 3.32. The lowest BCUT2D eigenvalue weighted by atomic mass is 10.0. The van der Waals surface area contributed by atoms with Crippen LogP contribution in [0.4, 0.5) is 5.82 Å². The van der Waals surface area contributed by atoms with Gasteiger partial charge in [0.15, 0.2) is 0 Å². The van der Waals surface area contributed by atoms with Gasteiger partial charge in [0.1, 0.15) is 41.2 Å². The van der Waals surface area contributed by atoms with Crippen molar-refractivity contribution >= 4 is 27.4 Å². The van der Waals surface area contributed by atoms with Crippen molar-refractivity contribution < 1.29 is 14.9 Å². The maximum Gasteiger partial charge on any atom is 0.141 e. The highest BCUT2D eigenvalue weighted by molar-refractivity contribution is 7.17. The number of ether oxygens (including phenoxy) is 1. The molecule has 0 aliphatic carbocycles. The summed E-state index contributed by atoms with van der Waals surface area (Å²) in [6.45, 7) is 2.47. The fourth-order valence-corrected chi connectivity index (χ4v) is 5.23. The summed E-state index contributed by atoms with van der Waals surface area (Å²) in [4.78, 5) is 12.5. The Morgan fingerprint density at radius 3 is 2.59 bits per heavy atom. The predicted molar refractivity (Wildman–Crippen MR) is 136 cm³/mol. The Bertz CT molecular complexity index is 1210. The highest BCUT2D eigenvalue weighted by Crippen LogP contribution is 2.38. The van der Waals surface area contributed by atoms with Gasteiger partial charge in [-0.1, -0.05) is 30.3 Å². The Kier molecular flexibility index (Phi) is 6.89. The van der Waals surface area contributed by atoms with Gasteiger partial charge in [-0.25, -0.2) is 9.97 Å². The number of hydrogen-bond donors (Lipinski definition) is 3. The number of phenolic OH excluding ortho intramolecular Hbond substituents is 1. The molecule has 7 nitrogen and oxygen atoms in total. The number of nitrogens with zero attached hydrogens (tertiary/aromatic N) is 3. The Labute approximate surface area is 202 Å². The van der Waals surface area contributed by atoms with Crippen LogP contribution < -0.4 is 15.0 Å². The molecule has 4 aromatic rings. The molecule has 1 atom stereocenters. The van der Waals surface area contributed by atoms with Gasteiger partial charge < -0.3 is 25.2 Å². The Balaban J connectivity index is 1.16. The maximum absolute atomic E-state index is 10.3. The zero-order valence-corrected chi connectivity index (χ0v) is 19.6. The molecule has 3 heterocycles. The largest absolute Gasteiger partial charge is 0.508 e. The summed E-state index contributed by atoms with van der Waals surface area (Å²) in [6, 6.07) is 17.3. The first kappa shape index (κ1) is 22.6. The maximum atomic E-state index is 10.3. The lowest BCUT2D eigenvalue weighted by molar-refractivity contribution is 0.102. The lowest BCUT2D eigenvalue weighted by Gasteiger charge is -2.34. The van der Waals surface area contributed by atoms with Gasteiger partial charge in [-0.2, -0.15) is 0 Å². The molecule has 0 unspecified atom stereocenters. The summed E-state index contributed by atoms with van der Waals surface area (Å²) in [6.07, 6.45) is 3.01. The molecule has 2 aromatic heterocycles. The van der Waals surface area contributed by atoms with E-state index >= 15 is 0 Å². The number of piperidine rings is 1. The molecule has 1 aliphatic rings. The average molecular weight is 477 g/mol. The molecule has 0 bridgehead atoms. The van der Waals surface area contributed by atoms with Crippen molar-refractivity contribution in [2.24, 2.45) is 0 Å². The fraction of sp³-hybridized carbons (Fsp3) is 0.308. The first-order valence-corrected chi connectivity index (χ1v) is 12.4. The number of hydrogen-bond acceptors (Lipinski definition) is 8. The van der Waals surface area contributed by atoms with Gasteiger partial charge in [0.2, 0.25) is 0 Å². The molecule has 1 fully saturated rings. The van der Waals surface area contributed by atoms with Crippen LogP contribution in [0.1, 0.15) is 12.8 Å². The molecule has 1 aliphatic heterocycles. The number of aliphatic hydroxyl groups is 1. The third-order valence-electron chi connectivity index (χ3n) is 6.15. The fourth-order valence-electron chi connectivity index (χ4n) is 4.32. The summed E-state index contributed by atoms with van der Waals surface area (Å²) in [5, 5.41) is 26.4. The number of benzene rings is 2. The second-order valence-corrected chi connectivity index (χ2v) is 9.38. The molecule has 0 spiro atoms. The Morgan fingerprint density at radius 1 is 1.06 bits per heavy atom. The van der Waals surface area contributed by atoms with Gasteiger partial charge in [-0.15, -0.1) is 11.3 Å². The number of phenols is 1. The molecule has 176 valence electrons. The van der Waals surface area contributed by atoms with Gasteiger partial charge in [-0.05, 0) is 42.7 Å². The molecule has 1 saturated heterocycles. The van der Waals surface area contributed by atoms with Gasteiger partial charge in [-0.3, -0.25) is 0 Å². The molecule has 0 saturated carbocycles. The first-order valence-electron chi connectivity index (χ1n) is 11.5. The minimum absolute atomic E-state index is 0.193. The zero-order valence-electron chi connectivity index (χ0n) is 18.8. The predicted octanol–water partition coefficient (Wildman–Crippen LogP) is 4.06. The van der Waals surface area contributed by atoms with Crippen molar-refractivity contribution in [3.05, 3.63) is 66.3 Å². The van der Waals surface area contributed by atoms with Crippen LogP contribution in [0.2, 0.25) is 0 Å². The number of nitrogens with one attached hydrogen (secondary N) is 1. The topological polar surface area (TPSA) is 90.7 Å². The van der Waals surface area contributed by atoms with Gasteiger partial charge in [0.25, 0.3) is 0 Å². The summed E-state index contributed by atoms with van der Waals surface area (Å²) in [7, 11) is 0. The molecule has 8 heteroatoms. The van der Waals surface area contributed by atoms with Gasteiger partial charge in [0.05, 0.1) is 5.39 Å². The van der Waals surface area contributed by atoms with E-state index in [9.17, 15) is 10.2 Å². The Hall–Kier alpha value is -3.20. The smallest absolute Gasteiger partial charge is 0.141 e. The van der Waals surface area contributed by atoms with Gasteiger partial charge in [0, 0.05) is 36.6 Å². The van der Waals surface area contributed by atoms with Crippen LogP contribution in [0.5, 0.6) is 11.5 Å². The summed E-state index contributed by atoms with van der Waals surface area (Å²) in [5.74, 6) is 1.83. The van der Waals surface area contributed by atoms with E-state index in [1.165, 1.54) is 11.1 Å². The van der Waals surface area contributed by atoms with Crippen molar-refractivity contribution in [2.75, 3.05) is 31.1 Å². The third kappa shape index (κ3) is 5.14. The summed E-state index contributed by atoms with van der Waals surface area (Å²) in [5.41, 5.74) is 2.37. The second-order valence-electron chi connectivity index (χ2n) is 8.52. The van der Waals surface area contributed by atoms with Crippen LogP contribution in [-0.2, 0) is 0 Å². The van der Waals surface area contributed by atoms with Crippen LogP contribution >= 0.6 is 11.3 Å². The minimum Gasteiger partial charge on any atom is -0.508 e. The van der Waals surface area contributed by atoms with Crippen molar-refractivity contribution in [3.63, 3.8) is 0 Å². The van der Waals surface area contributed by atoms with E-state index in [0.717, 1.165) is 42.0 Å². The molecule has 5 rings (SSSR count). The van der Waals surface area contributed by atoms with Crippen LogP contribution in [0.3, 0.4) is 0 Å².